The number of alkyl halides is 2. The Balaban J connectivity index is 3.17. The van der Waals surface area contributed by atoms with Crippen LogP contribution in [0.15, 0.2) is 0 Å². The first-order valence-corrected chi connectivity index (χ1v) is 3.88. The summed E-state index contributed by atoms with van der Waals surface area (Å²) in [5, 5.41) is 0. The van der Waals surface area contributed by atoms with Gasteiger partial charge in [0.15, 0.2) is 0 Å². The quantitative estimate of drug-likeness (QED) is 0.590. The largest absolute Gasteiger partial charge is 0.246 e. The minimum atomic E-state index is -0.667. The fourth-order valence-electron chi connectivity index (χ4n) is 0.505. The minimum Gasteiger partial charge on any atom is -0.246 e. The molecule has 8 heavy (non-hydrogen) atoms. The van der Waals surface area contributed by atoms with E-state index < -0.39 is 6.17 Å². The second kappa shape index (κ2) is 4.30. The van der Waals surface area contributed by atoms with Gasteiger partial charge in [0.05, 0.1) is 0 Å². The topological polar surface area (TPSA) is 0 Å². The van der Waals surface area contributed by atoms with E-state index in [4.69, 9.17) is 0 Å². The predicted octanol–water partition coefficient (Wildman–Crippen LogP) is 2.91. The molecule has 0 aromatic rings. The first kappa shape index (κ1) is 8.41. The minimum absolute atomic E-state index is 0.0162. The molecule has 0 aliphatic heterocycles. The van der Waals surface area contributed by atoms with Crippen LogP contribution >= 0.6 is 15.9 Å². The predicted molar refractivity (Wildman–Crippen MR) is 38.2 cm³/mol. The van der Waals surface area contributed by atoms with Crippen LogP contribution in [-0.2, 0) is 0 Å². The Labute approximate surface area is 58.6 Å². The zero-order valence-electron chi connectivity index (χ0n) is 5.32. The summed E-state index contributed by atoms with van der Waals surface area (Å²) in [4.78, 5) is 0.0162. The summed E-state index contributed by atoms with van der Waals surface area (Å²) in [6.07, 6.45) is 0.934. The van der Waals surface area contributed by atoms with Crippen LogP contribution < -0.4 is 0 Å². The lowest BCUT2D eigenvalue weighted by atomic mass is 10.2. The molecule has 2 atom stereocenters. The first-order chi connectivity index (χ1) is 3.68. The molecule has 0 saturated heterocycles. The van der Waals surface area contributed by atoms with Crippen molar-refractivity contribution in [2.45, 2.75) is 37.7 Å². The zero-order valence-corrected chi connectivity index (χ0v) is 6.91. The van der Waals surface area contributed by atoms with Gasteiger partial charge in [-0.15, -0.1) is 0 Å². The van der Waals surface area contributed by atoms with Crippen molar-refractivity contribution in [1.82, 2.24) is 0 Å². The summed E-state index contributed by atoms with van der Waals surface area (Å²) in [6, 6.07) is 0. The van der Waals surface area contributed by atoms with Crippen LogP contribution in [0.3, 0.4) is 0 Å². The van der Waals surface area contributed by atoms with Gasteiger partial charge in [-0.3, -0.25) is 0 Å². The highest BCUT2D eigenvalue weighted by atomic mass is 79.9. The summed E-state index contributed by atoms with van der Waals surface area (Å²) in [6.45, 7) is 3.82. The molecule has 0 heterocycles. The van der Waals surface area contributed by atoms with Crippen LogP contribution in [0.1, 0.15) is 26.7 Å². The molecule has 0 nitrogen and oxygen atoms in total. The van der Waals surface area contributed by atoms with Gasteiger partial charge in [0.25, 0.3) is 0 Å². The smallest absolute Gasteiger partial charge is 0.112 e. The second-order valence-corrected chi connectivity index (χ2v) is 3.43. The van der Waals surface area contributed by atoms with Crippen LogP contribution in [0, 0.1) is 0 Å². The van der Waals surface area contributed by atoms with Crippen LogP contribution in [0.4, 0.5) is 4.39 Å². The Hall–Kier alpha value is 0.410. The Morgan fingerprint density at radius 3 is 2.25 bits per heavy atom. The van der Waals surface area contributed by atoms with Gasteiger partial charge >= 0.3 is 0 Å². The Morgan fingerprint density at radius 2 is 2.12 bits per heavy atom. The molecule has 0 aliphatic carbocycles. The van der Waals surface area contributed by atoms with Crippen molar-refractivity contribution < 1.29 is 4.39 Å². The van der Waals surface area contributed by atoms with E-state index in [0.717, 1.165) is 6.42 Å². The molecule has 0 radical (unpaired) electrons. The maximum Gasteiger partial charge on any atom is 0.112 e. The third-order valence-corrected chi connectivity index (χ3v) is 1.64. The Morgan fingerprint density at radius 1 is 1.62 bits per heavy atom. The Bertz CT molecular complexity index is 54.5. The van der Waals surface area contributed by atoms with Gasteiger partial charge in [0.2, 0.25) is 0 Å². The highest BCUT2D eigenvalue weighted by Crippen LogP contribution is 2.12. The Kier molecular flexibility index (Phi) is 4.53. The van der Waals surface area contributed by atoms with Gasteiger partial charge in [0, 0.05) is 4.83 Å². The monoisotopic (exact) mass is 182 g/mol. The van der Waals surface area contributed by atoms with Crippen molar-refractivity contribution in [3.63, 3.8) is 0 Å². The SMILES string of the molecule is CCCC(F)C(C)Br. The van der Waals surface area contributed by atoms with E-state index in [1.807, 2.05) is 13.8 Å². The first-order valence-electron chi connectivity index (χ1n) is 2.96. The van der Waals surface area contributed by atoms with Crippen molar-refractivity contribution >= 4 is 15.9 Å². The molecule has 0 aromatic heterocycles. The normalized spacial score (nSPS) is 18.0. The summed E-state index contributed by atoms with van der Waals surface area (Å²) in [5.41, 5.74) is 0. The summed E-state index contributed by atoms with van der Waals surface area (Å²) in [7, 11) is 0. The zero-order chi connectivity index (χ0) is 6.57. The van der Waals surface area contributed by atoms with E-state index in [0.29, 0.717) is 6.42 Å². The van der Waals surface area contributed by atoms with Gasteiger partial charge < -0.3 is 0 Å². The van der Waals surface area contributed by atoms with Crippen molar-refractivity contribution in [2.24, 2.45) is 0 Å². The number of hydrogen-bond acceptors (Lipinski definition) is 0. The second-order valence-electron chi connectivity index (χ2n) is 1.98. The number of hydrogen-bond donors (Lipinski definition) is 0. The van der Waals surface area contributed by atoms with Gasteiger partial charge in [-0.1, -0.05) is 29.3 Å². The van der Waals surface area contributed by atoms with Crippen LogP contribution in [0.5, 0.6) is 0 Å². The van der Waals surface area contributed by atoms with Crippen LogP contribution in [-0.4, -0.2) is 11.0 Å². The summed E-state index contributed by atoms with van der Waals surface area (Å²) in [5.74, 6) is 0. The fraction of sp³-hybridized carbons (Fsp3) is 1.00. The maximum atomic E-state index is 12.5. The lowest BCUT2D eigenvalue weighted by molar-refractivity contribution is 0.313. The third-order valence-electron chi connectivity index (χ3n) is 1.06. The fourth-order valence-corrected chi connectivity index (χ4v) is 0.770. The molecule has 2 heteroatoms. The van der Waals surface area contributed by atoms with E-state index in [9.17, 15) is 4.39 Å². The molecular formula is C6H12BrF. The molecule has 0 amide bonds. The van der Waals surface area contributed by atoms with Crippen LogP contribution in [0.25, 0.3) is 0 Å². The van der Waals surface area contributed by atoms with Gasteiger partial charge in [0.1, 0.15) is 6.17 Å². The molecule has 0 fully saturated rings. The molecule has 2 unspecified atom stereocenters. The number of halogens is 2. The molecule has 0 spiro atoms. The molecule has 0 rings (SSSR count). The summed E-state index contributed by atoms with van der Waals surface area (Å²) >= 11 is 3.17. The van der Waals surface area contributed by atoms with Crippen molar-refractivity contribution in [3.8, 4) is 0 Å². The van der Waals surface area contributed by atoms with Crippen molar-refractivity contribution in [1.29, 1.82) is 0 Å². The third kappa shape index (κ3) is 3.42. The van der Waals surface area contributed by atoms with Gasteiger partial charge in [-0.2, -0.15) is 0 Å². The van der Waals surface area contributed by atoms with Crippen molar-refractivity contribution in [3.05, 3.63) is 0 Å². The van der Waals surface area contributed by atoms with E-state index in [2.05, 4.69) is 15.9 Å². The van der Waals surface area contributed by atoms with E-state index in [-0.39, 0.29) is 4.83 Å². The van der Waals surface area contributed by atoms with E-state index in [1.165, 1.54) is 0 Å². The molecule has 0 bridgehead atoms. The van der Waals surface area contributed by atoms with Gasteiger partial charge in [-0.25, -0.2) is 4.39 Å². The average Bonchev–Trinajstić information content (AvgIpc) is 1.67. The molecule has 0 aliphatic rings. The molecular weight excluding hydrogens is 171 g/mol. The molecule has 50 valence electrons. The number of rotatable bonds is 3. The lowest BCUT2D eigenvalue weighted by Crippen LogP contribution is -2.10. The highest BCUT2D eigenvalue weighted by Gasteiger charge is 2.09. The maximum absolute atomic E-state index is 12.5. The van der Waals surface area contributed by atoms with E-state index >= 15 is 0 Å². The summed E-state index contributed by atoms with van der Waals surface area (Å²) < 4.78 is 12.5. The van der Waals surface area contributed by atoms with E-state index in [1.54, 1.807) is 0 Å². The molecule has 0 saturated carbocycles. The standard InChI is InChI=1S/C6H12BrF/c1-3-4-6(8)5(2)7/h5-6H,3-4H2,1-2H3. The average molecular weight is 183 g/mol. The molecule has 0 aromatic carbocycles. The highest BCUT2D eigenvalue weighted by molar-refractivity contribution is 9.09. The van der Waals surface area contributed by atoms with Gasteiger partial charge in [-0.05, 0) is 13.3 Å². The lowest BCUT2D eigenvalue weighted by Gasteiger charge is -2.06. The van der Waals surface area contributed by atoms with Crippen LogP contribution in [0.2, 0.25) is 0 Å². The van der Waals surface area contributed by atoms with Crippen molar-refractivity contribution in [2.75, 3.05) is 0 Å². The molecule has 0 N–H and O–H groups in total.